The molecule has 0 atom stereocenters. The van der Waals surface area contributed by atoms with Gasteiger partial charge < -0.3 is 20.1 Å². The third-order valence-electron chi connectivity index (χ3n) is 2.00. The summed E-state index contributed by atoms with van der Waals surface area (Å²) >= 11 is 0. The first-order valence-electron chi connectivity index (χ1n) is 5.49. The zero-order valence-corrected chi connectivity index (χ0v) is 11.2. The van der Waals surface area contributed by atoms with E-state index in [2.05, 4.69) is 20.1 Å². The predicted molar refractivity (Wildman–Crippen MR) is 67.6 cm³/mol. The molecule has 0 heterocycles. The van der Waals surface area contributed by atoms with Gasteiger partial charge in [0.25, 0.3) is 0 Å². The van der Waals surface area contributed by atoms with Crippen molar-refractivity contribution in [3.05, 3.63) is 23.5 Å². The molecule has 0 aromatic carbocycles. The molecule has 0 radical (unpaired) electrons. The Labute approximate surface area is 107 Å². The average molecular weight is 256 g/mol. The Hall–Kier alpha value is -1.98. The summed E-state index contributed by atoms with van der Waals surface area (Å²) in [5.74, 6) is -0.788. The summed E-state index contributed by atoms with van der Waals surface area (Å²) in [5.41, 5.74) is 1.44. The van der Waals surface area contributed by atoms with Crippen molar-refractivity contribution in [3.63, 3.8) is 0 Å². The summed E-state index contributed by atoms with van der Waals surface area (Å²) < 4.78 is 8.98. The minimum atomic E-state index is -0.394. The van der Waals surface area contributed by atoms with E-state index in [4.69, 9.17) is 0 Å². The summed E-state index contributed by atoms with van der Waals surface area (Å²) in [6.07, 6.45) is 2.74. The number of carbonyl (C=O) groups excluding carboxylic acids is 2. The molecule has 0 bridgehead atoms. The van der Waals surface area contributed by atoms with Gasteiger partial charge in [-0.05, 0) is 13.8 Å². The molecule has 102 valence electrons. The minimum absolute atomic E-state index is 0.394. The number of hydrogen-bond donors (Lipinski definition) is 2. The quantitative estimate of drug-likeness (QED) is 0.388. The Bertz CT molecular complexity index is 314. The second-order valence-corrected chi connectivity index (χ2v) is 3.55. The van der Waals surface area contributed by atoms with Gasteiger partial charge in [0.05, 0.1) is 14.2 Å². The van der Waals surface area contributed by atoms with E-state index in [0.717, 1.165) is 11.4 Å². The van der Waals surface area contributed by atoms with Gasteiger partial charge in [-0.25, -0.2) is 9.59 Å². The molecule has 6 nitrogen and oxygen atoms in total. The van der Waals surface area contributed by atoms with Gasteiger partial charge in [0.2, 0.25) is 0 Å². The van der Waals surface area contributed by atoms with Gasteiger partial charge >= 0.3 is 11.9 Å². The smallest absolute Gasteiger partial charge is 0.332 e. The molecule has 0 rings (SSSR count). The molecule has 0 aromatic rings. The van der Waals surface area contributed by atoms with E-state index in [1.54, 1.807) is 13.8 Å². The van der Waals surface area contributed by atoms with Gasteiger partial charge in [0.1, 0.15) is 0 Å². The van der Waals surface area contributed by atoms with Gasteiger partial charge in [0, 0.05) is 36.6 Å². The Morgan fingerprint density at radius 1 is 0.889 bits per heavy atom. The molecule has 0 unspecified atom stereocenters. The molecule has 0 spiro atoms. The third-order valence-corrected chi connectivity index (χ3v) is 2.00. The molecule has 18 heavy (non-hydrogen) atoms. The lowest BCUT2D eigenvalue weighted by atomic mass is 10.4. The highest BCUT2D eigenvalue weighted by atomic mass is 16.5. The molecule has 0 aliphatic rings. The zero-order chi connectivity index (χ0) is 14.0. The minimum Gasteiger partial charge on any atom is -0.466 e. The lowest BCUT2D eigenvalue weighted by Gasteiger charge is -2.08. The predicted octanol–water partition coefficient (Wildman–Crippen LogP) is 0.319. The van der Waals surface area contributed by atoms with Gasteiger partial charge in [-0.2, -0.15) is 0 Å². The topological polar surface area (TPSA) is 76.7 Å². The van der Waals surface area contributed by atoms with Crippen LogP contribution in [-0.4, -0.2) is 39.2 Å². The summed E-state index contributed by atoms with van der Waals surface area (Å²) in [5, 5.41) is 6.05. The molecule has 0 aromatic heterocycles. The van der Waals surface area contributed by atoms with Crippen molar-refractivity contribution in [1.29, 1.82) is 0 Å². The summed E-state index contributed by atoms with van der Waals surface area (Å²) in [6.45, 7) is 4.78. The zero-order valence-electron chi connectivity index (χ0n) is 11.2. The Kier molecular flexibility index (Phi) is 8.09. The fraction of sp³-hybridized carbons (Fsp3) is 0.500. The summed E-state index contributed by atoms with van der Waals surface area (Å²) in [6, 6.07) is 0. The van der Waals surface area contributed by atoms with Crippen molar-refractivity contribution in [3.8, 4) is 0 Å². The lowest BCUT2D eigenvalue weighted by molar-refractivity contribution is -0.135. The monoisotopic (exact) mass is 256 g/mol. The number of rotatable bonds is 7. The van der Waals surface area contributed by atoms with E-state index < -0.39 is 11.9 Å². The summed E-state index contributed by atoms with van der Waals surface area (Å²) in [7, 11) is 2.66. The molecule has 0 amide bonds. The number of nitrogens with one attached hydrogen (secondary N) is 2. The molecule has 2 N–H and O–H groups in total. The maximum absolute atomic E-state index is 10.9. The van der Waals surface area contributed by atoms with Crippen LogP contribution in [0.4, 0.5) is 0 Å². The van der Waals surface area contributed by atoms with Crippen molar-refractivity contribution >= 4 is 11.9 Å². The fourth-order valence-corrected chi connectivity index (χ4v) is 1.09. The van der Waals surface area contributed by atoms with Crippen molar-refractivity contribution < 1.29 is 19.1 Å². The van der Waals surface area contributed by atoms with E-state index in [0.29, 0.717) is 13.1 Å². The molecule has 0 aliphatic carbocycles. The highest BCUT2D eigenvalue weighted by Crippen LogP contribution is 1.89. The van der Waals surface area contributed by atoms with E-state index in [-0.39, 0.29) is 0 Å². The van der Waals surface area contributed by atoms with Crippen molar-refractivity contribution in [2.75, 3.05) is 27.3 Å². The molecule has 0 saturated heterocycles. The lowest BCUT2D eigenvalue weighted by Crippen LogP contribution is -2.26. The first kappa shape index (κ1) is 16.0. The Morgan fingerprint density at radius 3 is 1.50 bits per heavy atom. The normalized spacial score (nSPS) is 11.8. The van der Waals surface area contributed by atoms with Crippen LogP contribution in [0.2, 0.25) is 0 Å². The summed E-state index contributed by atoms with van der Waals surface area (Å²) in [4.78, 5) is 21.8. The van der Waals surface area contributed by atoms with E-state index >= 15 is 0 Å². The van der Waals surface area contributed by atoms with E-state index in [9.17, 15) is 9.59 Å². The molecule has 0 saturated carbocycles. The largest absolute Gasteiger partial charge is 0.466 e. The Morgan fingerprint density at radius 2 is 1.22 bits per heavy atom. The van der Waals surface area contributed by atoms with Gasteiger partial charge in [-0.1, -0.05) is 0 Å². The van der Waals surface area contributed by atoms with E-state index in [1.807, 2.05) is 0 Å². The second kappa shape index (κ2) is 9.09. The molecular formula is C12H20N2O4. The molecule has 6 heteroatoms. The molecular weight excluding hydrogens is 236 g/mol. The second-order valence-electron chi connectivity index (χ2n) is 3.55. The van der Waals surface area contributed by atoms with Gasteiger partial charge in [0.15, 0.2) is 0 Å². The van der Waals surface area contributed by atoms with Gasteiger partial charge in [-0.3, -0.25) is 0 Å². The number of methoxy groups -OCH3 is 2. The van der Waals surface area contributed by atoms with E-state index in [1.165, 1.54) is 26.4 Å². The van der Waals surface area contributed by atoms with Crippen LogP contribution in [0.25, 0.3) is 0 Å². The van der Waals surface area contributed by atoms with Crippen LogP contribution in [-0.2, 0) is 19.1 Å². The van der Waals surface area contributed by atoms with Crippen LogP contribution >= 0.6 is 0 Å². The highest BCUT2D eigenvalue weighted by molar-refractivity contribution is 5.82. The van der Waals surface area contributed by atoms with Crippen molar-refractivity contribution in [1.82, 2.24) is 10.6 Å². The molecule has 0 aliphatic heterocycles. The SMILES string of the molecule is COC(=O)C=C(C)NCCNC(C)=CC(=O)OC. The fourth-order valence-electron chi connectivity index (χ4n) is 1.09. The first-order chi connectivity index (χ1) is 8.49. The number of ether oxygens (including phenoxy) is 2. The molecule has 0 fully saturated rings. The maximum atomic E-state index is 10.9. The first-order valence-corrected chi connectivity index (χ1v) is 5.49. The highest BCUT2D eigenvalue weighted by Gasteiger charge is 1.97. The maximum Gasteiger partial charge on any atom is 0.332 e. The number of carbonyl (C=O) groups is 2. The van der Waals surface area contributed by atoms with Crippen molar-refractivity contribution in [2.24, 2.45) is 0 Å². The van der Waals surface area contributed by atoms with Crippen LogP contribution in [0.1, 0.15) is 13.8 Å². The van der Waals surface area contributed by atoms with Crippen LogP contribution in [0.3, 0.4) is 0 Å². The van der Waals surface area contributed by atoms with Gasteiger partial charge in [-0.15, -0.1) is 0 Å². The third kappa shape index (κ3) is 8.20. The van der Waals surface area contributed by atoms with Crippen LogP contribution in [0.5, 0.6) is 0 Å². The standard InChI is InChI=1S/C12H20N2O4/c1-9(7-11(15)17-3)13-5-6-14-10(2)8-12(16)18-4/h7-8,13-14H,5-6H2,1-4H3. The van der Waals surface area contributed by atoms with Crippen LogP contribution in [0, 0.1) is 0 Å². The Balaban J connectivity index is 3.87. The van der Waals surface area contributed by atoms with Crippen LogP contribution in [0.15, 0.2) is 23.5 Å². The van der Waals surface area contributed by atoms with Crippen molar-refractivity contribution in [2.45, 2.75) is 13.8 Å². The van der Waals surface area contributed by atoms with Crippen LogP contribution < -0.4 is 10.6 Å². The average Bonchev–Trinajstić information content (AvgIpc) is 2.34. The number of hydrogen-bond acceptors (Lipinski definition) is 6. The number of allylic oxidation sites excluding steroid dienone is 2. The number of esters is 2.